The van der Waals surface area contributed by atoms with Crippen LogP contribution in [0.25, 0.3) is 0 Å². The zero-order valence-electron chi connectivity index (χ0n) is 17.7. The Morgan fingerprint density at radius 2 is 1.58 bits per heavy atom. The van der Waals surface area contributed by atoms with Crippen molar-refractivity contribution >= 4 is 57.3 Å². The number of para-hydroxylation sites is 2. The maximum Gasteiger partial charge on any atom is 0.260 e. The van der Waals surface area contributed by atoms with Gasteiger partial charge < -0.3 is 16.0 Å². The van der Waals surface area contributed by atoms with Gasteiger partial charge in [0.25, 0.3) is 5.91 Å². The number of carbonyl (C=O) groups excluding carboxylic acids is 2. The maximum absolute atomic E-state index is 13.3. The molecule has 1 atom stereocenters. The Hall–Kier alpha value is -3.55. The quantitative estimate of drug-likeness (QED) is 0.542. The summed E-state index contributed by atoms with van der Waals surface area (Å²) in [5.41, 5.74) is 8.73. The molecule has 4 rings (SSSR count). The molecule has 0 saturated carbocycles. The van der Waals surface area contributed by atoms with E-state index in [1.807, 2.05) is 60.7 Å². The van der Waals surface area contributed by atoms with Gasteiger partial charge in [-0.2, -0.15) is 0 Å². The fourth-order valence-electron chi connectivity index (χ4n) is 3.28. The minimum Gasteiger partial charge on any atom is -0.400 e. The molecule has 2 amide bonds. The van der Waals surface area contributed by atoms with Crippen LogP contribution in [-0.2, 0) is 9.59 Å². The van der Waals surface area contributed by atoms with E-state index in [9.17, 15) is 9.59 Å². The molecule has 0 bridgehead atoms. The lowest BCUT2D eigenvalue weighted by Crippen LogP contribution is -2.37. The summed E-state index contributed by atoms with van der Waals surface area (Å²) in [5, 5.41) is 3.00. The molecule has 3 aromatic rings. The minimum atomic E-state index is -0.774. The number of carbonyl (C=O) groups is 2. The van der Waals surface area contributed by atoms with E-state index in [0.29, 0.717) is 21.4 Å². The molecule has 166 valence electrons. The number of hydrogen-bond acceptors (Lipinski definition) is 5. The molecule has 33 heavy (non-hydrogen) atoms. The van der Waals surface area contributed by atoms with Gasteiger partial charge in [-0.3, -0.25) is 9.59 Å². The highest BCUT2D eigenvalue weighted by Gasteiger charge is 2.39. The van der Waals surface area contributed by atoms with Gasteiger partial charge in [-0.25, -0.2) is 4.99 Å². The second-order valence-corrected chi connectivity index (χ2v) is 8.80. The summed E-state index contributed by atoms with van der Waals surface area (Å²) in [6, 6.07) is 25.2. The third-order valence-corrected chi connectivity index (χ3v) is 6.49. The largest absolute Gasteiger partial charge is 0.400 e. The van der Waals surface area contributed by atoms with Gasteiger partial charge in [0, 0.05) is 29.1 Å². The average molecular weight is 477 g/mol. The second-order valence-electron chi connectivity index (χ2n) is 7.27. The Bertz CT molecular complexity index is 1230. The lowest BCUT2D eigenvalue weighted by molar-refractivity contribution is -0.117. The summed E-state index contributed by atoms with van der Waals surface area (Å²) in [7, 11) is 1.69. The fraction of sp³-hybridized carbons (Fsp3) is 0.0800. The Morgan fingerprint density at radius 3 is 2.21 bits per heavy atom. The lowest BCUT2D eigenvalue weighted by atomic mass is 10.1. The molecule has 0 radical (unpaired) electrons. The molecule has 0 spiro atoms. The molecule has 0 fully saturated rings. The van der Waals surface area contributed by atoms with Crippen molar-refractivity contribution in [2.45, 2.75) is 5.25 Å². The van der Waals surface area contributed by atoms with Crippen molar-refractivity contribution in [3.8, 4) is 0 Å². The molecule has 1 aliphatic heterocycles. The SMILES string of the molecule is CN(C(=O)C1SC(=Nc2ccccc2)C(C(=O)Nc2ccc(Cl)cc2)=C1N)c1ccccc1. The number of thioether (sulfide) groups is 1. The van der Waals surface area contributed by atoms with Gasteiger partial charge >= 0.3 is 0 Å². The highest BCUT2D eigenvalue weighted by molar-refractivity contribution is 8.16. The number of rotatable bonds is 5. The van der Waals surface area contributed by atoms with Crippen LogP contribution in [0.4, 0.5) is 17.1 Å². The smallest absolute Gasteiger partial charge is 0.260 e. The first-order valence-electron chi connectivity index (χ1n) is 10.1. The predicted octanol–water partition coefficient (Wildman–Crippen LogP) is 5.00. The highest BCUT2D eigenvalue weighted by Crippen LogP contribution is 2.36. The molecule has 1 heterocycles. The van der Waals surface area contributed by atoms with E-state index in [1.165, 1.54) is 16.7 Å². The molecule has 8 heteroatoms. The van der Waals surface area contributed by atoms with Crippen molar-refractivity contribution in [3.05, 3.63) is 101 Å². The lowest BCUT2D eigenvalue weighted by Gasteiger charge is -2.21. The molecule has 0 aliphatic carbocycles. The second kappa shape index (κ2) is 9.94. The van der Waals surface area contributed by atoms with Gasteiger partial charge in [0.2, 0.25) is 5.91 Å². The van der Waals surface area contributed by atoms with E-state index in [4.69, 9.17) is 17.3 Å². The van der Waals surface area contributed by atoms with Crippen LogP contribution in [0.15, 0.2) is 101 Å². The summed E-state index contributed by atoms with van der Waals surface area (Å²) < 4.78 is 0. The van der Waals surface area contributed by atoms with Crippen LogP contribution in [0.5, 0.6) is 0 Å². The first-order valence-corrected chi connectivity index (χ1v) is 11.4. The number of anilines is 2. The highest BCUT2D eigenvalue weighted by atomic mass is 35.5. The number of aliphatic imine (C=N–C) groups is 1. The molecule has 6 nitrogen and oxygen atoms in total. The van der Waals surface area contributed by atoms with E-state index >= 15 is 0 Å². The normalized spacial score (nSPS) is 16.7. The molecular formula is C25H21ClN4O2S. The number of nitrogens with two attached hydrogens (primary N) is 1. The van der Waals surface area contributed by atoms with E-state index in [-0.39, 0.29) is 17.2 Å². The number of nitrogens with one attached hydrogen (secondary N) is 1. The number of hydrogen-bond donors (Lipinski definition) is 2. The summed E-state index contributed by atoms with van der Waals surface area (Å²) in [4.78, 5) is 32.7. The van der Waals surface area contributed by atoms with E-state index in [0.717, 1.165) is 5.69 Å². The van der Waals surface area contributed by atoms with Crippen molar-refractivity contribution in [1.29, 1.82) is 0 Å². The van der Waals surface area contributed by atoms with Crippen molar-refractivity contribution < 1.29 is 9.59 Å². The van der Waals surface area contributed by atoms with Crippen molar-refractivity contribution in [2.75, 3.05) is 17.3 Å². The minimum absolute atomic E-state index is 0.175. The van der Waals surface area contributed by atoms with Crippen LogP contribution in [0.3, 0.4) is 0 Å². The van der Waals surface area contributed by atoms with Crippen LogP contribution < -0.4 is 16.0 Å². The van der Waals surface area contributed by atoms with Crippen LogP contribution >= 0.6 is 23.4 Å². The van der Waals surface area contributed by atoms with E-state index in [2.05, 4.69) is 10.3 Å². The Kier molecular flexibility index (Phi) is 6.82. The fourth-order valence-corrected chi connectivity index (χ4v) is 4.62. The summed E-state index contributed by atoms with van der Waals surface area (Å²) >= 11 is 7.11. The van der Waals surface area contributed by atoms with Crippen molar-refractivity contribution in [3.63, 3.8) is 0 Å². The van der Waals surface area contributed by atoms with Gasteiger partial charge in [0.05, 0.1) is 11.3 Å². The molecule has 0 aromatic heterocycles. The standard InChI is InChI=1S/C25H21ClN4O2S/c1-30(19-10-6-3-7-11-19)25(32)22-21(27)20(23(31)28-18-14-12-16(26)13-15-18)24(33-22)29-17-8-4-2-5-9-17/h2-15,22H,27H2,1H3,(H,28,31). The molecule has 1 unspecified atom stereocenters. The molecule has 0 saturated heterocycles. The van der Waals surface area contributed by atoms with Crippen LogP contribution in [0, 0.1) is 0 Å². The predicted molar refractivity (Wildman–Crippen MR) is 136 cm³/mol. The first kappa shape index (κ1) is 22.6. The number of nitrogens with zero attached hydrogens (tertiary/aromatic N) is 2. The maximum atomic E-state index is 13.3. The van der Waals surface area contributed by atoms with Gasteiger partial charge in [0.1, 0.15) is 10.3 Å². The van der Waals surface area contributed by atoms with Crippen LogP contribution in [0.2, 0.25) is 5.02 Å². The Morgan fingerprint density at radius 1 is 0.970 bits per heavy atom. The van der Waals surface area contributed by atoms with E-state index < -0.39 is 11.2 Å². The van der Waals surface area contributed by atoms with Crippen molar-refractivity contribution in [1.82, 2.24) is 0 Å². The summed E-state index contributed by atoms with van der Waals surface area (Å²) in [6.45, 7) is 0. The third kappa shape index (κ3) is 5.10. The van der Waals surface area contributed by atoms with Crippen molar-refractivity contribution in [2.24, 2.45) is 10.7 Å². The van der Waals surface area contributed by atoms with Gasteiger partial charge in [-0.1, -0.05) is 59.8 Å². The van der Waals surface area contributed by atoms with Gasteiger partial charge in [-0.15, -0.1) is 0 Å². The molecule has 1 aliphatic rings. The number of halogens is 1. The van der Waals surface area contributed by atoms with Gasteiger partial charge in [0.15, 0.2) is 0 Å². The summed E-state index contributed by atoms with van der Waals surface area (Å²) in [6.07, 6.45) is 0. The number of benzene rings is 3. The zero-order valence-corrected chi connectivity index (χ0v) is 19.3. The summed E-state index contributed by atoms with van der Waals surface area (Å²) in [5.74, 6) is -0.673. The van der Waals surface area contributed by atoms with Crippen LogP contribution in [-0.4, -0.2) is 29.2 Å². The average Bonchev–Trinajstić information content (AvgIpc) is 3.16. The monoisotopic (exact) mass is 476 g/mol. The van der Waals surface area contributed by atoms with E-state index in [1.54, 1.807) is 31.3 Å². The molecular weight excluding hydrogens is 456 g/mol. The zero-order chi connectivity index (χ0) is 23.4. The van der Waals surface area contributed by atoms with Crippen LogP contribution in [0.1, 0.15) is 0 Å². The number of amides is 2. The first-order chi connectivity index (χ1) is 15.9. The molecule has 3 N–H and O–H groups in total. The van der Waals surface area contributed by atoms with Gasteiger partial charge in [-0.05, 0) is 48.5 Å². The topological polar surface area (TPSA) is 87.8 Å². The molecule has 3 aromatic carbocycles. The Labute approximate surface area is 201 Å². The Balaban J connectivity index is 1.68. The third-order valence-electron chi connectivity index (χ3n) is 5.03.